The highest BCUT2D eigenvalue weighted by Crippen LogP contribution is 2.13. The van der Waals surface area contributed by atoms with E-state index in [0.717, 1.165) is 50.3 Å². The molecule has 1 amide bonds. The summed E-state index contributed by atoms with van der Waals surface area (Å²) < 4.78 is 0. The van der Waals surface area contributed by atoms with Crippen molar-refractivity contribution >= 4 is 17.3 Å². The minimum Gasteiger partial charge on any atom is -0.384 e. The molecule has 0 atom stereocenters. The summed E-state index contributed by atoms with van der Waals surface area (Å²) in [6, 6.07) is 2.03. The van der Waals surface area contributed by atoms with Gasteiger partial charge in [0.15, 0.2) is 0 Å². The highest BCUT2D eigenvalue weighted by atomic mass is 16.2. The third kappa shape index (κ3) is 4.40. The number of hydrogen-bond acceptors (Lipinski definition) is 4. The van der Waals surface area contributed by atoms with Crippen LogP contribution >= 0.6 is 0 Å². The Hall–Kier alpha value is -1.78. The summed E-state index contributed by atoms with van der Waals surface area (Å²) in [5.74, 6) is 0.253. The number of nitrogens with zero attached hydrogens (tertiary/aromatic N) is 2. The maximum absolute atomic E-state index is 11.9. The van der Waals surface area contributed by atoms with Crippen LogP contribution < -0.4 is 10.6 Å². The van der Waals surface area contributed by atoms with Crippen molar-refractivity contribution in [3.8, 4) is 0 Å². The Kier molecular flexibility index (Phi) is 5.65. The van der Waals surface area contributed by atoms with Crippen LogP contribution in [0.3, 0.4) is 0 Å². The van der Waals surface area contributed by atoms with Crippen LogP contribution in [0.25, 0.3) is 0 Å². The van der Waals surface area contributed by atoms with Gasteiger partial charge in [0, 0.05) is 32.6 Å². The maximum Gasteiger partial charge on any atom is 0.224 e. The van der Waals surface area contributed by atoms with E-state index >= 15 is 0 Å². The van der Waals surface area contributed by atoms with Gasteiger partial charge < -0.3 is 15.5 Å². The summed E-state index contributed by atoms with van der Waals surface area (Å²) in [4.78, 5) is 18.1. The summed E-state index contributed by atoms with van der Waals surface area (Å²) in [7, 11) is 0. The van der Waals surface area contributed by atoms with Gasteiger partial charge in [0.05, 0.1) is 23.8 Å². The van der Waals surface area contributed by atoms with Crippen molar-refractivity contribution in [2.24, 2.45) is 0 Å². The second kappa shape index (κ2) is 7.72. The molecule has 0 spiro atoms. The zero-order chi connectivity index (χ0) is 14.2. The molecule has 0 unspecified atom stereocenters. The molecule has 1 aromatic rings. The molecule has 20 heavy (non-hydrogen) atoms. The second-order valence-corrected chi connectivity index (χ2v) is 5.15. The Morgan fingerprint density at radius 1 is 1.20 bits per heavy atom. The molecule has 1 saturated heterocycles. The Balaban J connectivity index is 1.74. The lowest BCUT2D eigenvalue weighted by Gasteiger charge is -2.15. The molecule has 0 aliphatic carbocycles. The van der Waals surface area contributed by atoms with Gasteiger partial charge in [-0.05, 0) is 25.3 Å². The summed E-state index contributed by atoms with van der Waals surface area (Å²) in [6.07, 6.45) is 7.53. The highest BCUT2D eigenvalue weighted by Gasteiger charge is 2.16. The second-order valence-electron chi connectivity index (χ2n) is 5.15. The first-order valence-electron chi connectivity index (χ1n) is 7.50. The Morgan fingerprint density at radius 3 is 2.50 bits per heavy atom. The lowest BCUT2D eigenvalue weighted by atomic mass is 10.3. The van der Waals surface area contributed by atoms with E-state index in [2.05, 4.69) is 22.5 Å². The van der Waals surface area contributed by atoms with Crippen LogP contribution in [0.15, 0.2) is 18.5 Å². The molecule has 0 saturated carbocycles. The molecule has 2 rings (SSSR count). The van der Waals surface area contributed by atoms with Crippen molar-refractivity contribution in [3.05, 3.63) is 18.5 Å². The maximum atomic E-state index is 11.9. The third-order valence-electron chi connectivity index (χ3n) is 3.44. The van der Waals surface area contributed by atoms with E-state index in [-0.39, 0.29) is 5.91 Å². The predicted molar refractivity (Wildman–Crippen MR) is 81.9 cm³/mol. The van der Waals surface area contributed by atoms with Crippen LogP contribution in [-0.4, -0.2) is 42.0 Å². The largest absolute Gasteiger partial charge is 0.384 e. The summed E-state index contributed by atoms with van der Waals surface area (Å²) in [6.45, 7) is 5.59. The van der Waals surface area contributed by atoms with Crippen LogP contribution in [-0.2, 0) is 4.79 Å². The van der Waals surface area contributed by atoms with Crippen LogP contribution in [0.4, 0.5) is 11.4 Å². The number of rotatable bonds is 7. The summed E-state index contributed by atoms with van der Waals surface area (Å²) >= 11 is 0. The molecule has 0 aromatic carbocycles. The minimum absolute atomic E-state index is 0.253. The molecule has 2 N–H and O–H groups in total. The standard InChI is InChI=1S/C15H24N4O/c1-2-6-17-13-10-14(12-16-11-13)18-7-5-15(20)19-8-3-4-9-19/h10-12,17-18H,2-9H2,1H3. The number of carbonyl (C=O) groups is 1. The Morgan fingerprint density at radius 2 is 1.85 bits per heavy atom. The first-order chi connectivity index (χ1) is 9.79. The van der Waals surface area contributed by atoms with Gasteiger partial charge in [-0.25, -0.2) is 0 Å². The fourth-order valence-corrected chi connectivity index (χ4v) is 2.34. The van der Waals surface area contributed by atoms with Crippen molar-refractivity contribution in [3.63, 3.8) is 0 Å². The van der Waals surface area contributed by atoms with E-state index < -0.39 is 0 Å². The van der Waals surface area contributed by atoms with E-state index in [1.165, 1.54) is 0 Å². The van der Waals surface area contributed by atoms with Gasteiger partial charge in [-0.1, -0.05) is 6.92 Å². The molecule has 5 heteroatoms. The molecule has 0 radical (unpaired) electrons. The average Bonchev–Trinajstić information content (AvgIpc) is 3.00. The smallest absolute Gasteiger partial charge is 0.224 e. The lowest BCUT2D eigenvalue weighted by Crippen LogP contribution is -2.29. The molecular formula is C15H24N4O. The highest BCUT2D eigenvalue weighted by molar-refractivity contribution is 5.77. The number of likely N-dealkylation sites (tertiary alicyclic amines) is 1. The van der Waals surface area contributed by atoms with Crippen molar-refractivity contribution in [1.29, 1.82) is 0 Å². The topological polar surface area (TPSA) is 57.3 Å². The molecule has 110 valence electrons. The quantitative estimate of drug-likeness (QED) is 0.802. The van der Waals surface area contributed by atoms with Gasteiger partial charge in [0.2, 0.25) is 5.91 Å². The number of carbonyl (C=O) groups excluding carboxylic acids is 1. The molecule has 0 bridgehead atoms. The van der Waals surface area contributed by atoms with Crippen LogP contribution in [0.5, 0.6) is 0 Å². The zero-order valence-corrected chi connectivity index (χ0v) is 12.2. The van der Waals surface area contributed by atoms with Gasteiger partial charge in [0.1, 0.15) is 0 Å². The van der Waals surface area contributed by atoms with Gasteiger partial charge >= 0.3 is 0 Å². The molecule has 1 aromatic heterocycles. The fraction of sp³-hybridized carbons (Fsp3) is 0.600. The van der Waals surface area contributed by atoms with E-state index in [9.17, 15) is 4.79 Å². The van der Waals surface area contributed by atoms with Crippen LogP contribution in [0.1, 0.15) is 32.6 Å². The van der Waals surface area contributed by atoms with Gasteiger partial charge in [0.25, 0.3) is 0 Å². The lowest BCUT2D eigenvalue weighted by molar-refractivity contribution is -0.129. The molecule has 1 fully saturated rings. The molecule has 2 heterocycles. The van der Waals surface area contributed by atoms with E-state index in [0.29, 0.717) is 13.0 Å². The number of nitrogens with one attached hydrogen (secondary N) is 2. The number of amides is 1. The molecule has 1 aliphatic heterocycles. The predicted octanol–water partition coefficient (Wildman–Crippen LogP) is 2.33. The van der Waals surface area contributed by atoms with Crippen LogP contribution in [0, 0.1) is 0 Å². The monoisotopic (exact) mass is 276 g/mol. The van der Waals surface area contributed by atoms with Crippen molar-refractivity contribution in [2.45, 2.75) is 32.6 Å². The fourth-order valence-electron chi connectivity index (χ4n) is 2.34. The molecule has 1 aliphatic rings. The normalized spacial score (nSPS) is 14.3. The van der Waals surface area contributed by atoms with Crippen LogP contribution in [0.2, 0.25) is 0 Å². The van der Waals surface area contributed by atoms with Crippen molar-refractivity contribution in [2.75, 3.05) is 36.8 Å². The van der Waals surface area contributed by atoms with Gasteiger partial charge in [-0.3, -0.25) is 9.78 Å². The van der Waals surface area contributed by atoms with E-state index in [1.54, 1.807) is 6.20 Å². The minimum atomic E-state index is 0.253. The Labute approximate surface area is 120 Å². The molecular weight excluding hydrogens is 252 g/mol. The first kappa shape index (κ1) is 14.6. The number of pyridine rings is 1. The van der Waals surface area contributed by atoms with E-state index in [1.807, 2.05) is 17.2 Å². The SMILES string of the molecule is CCCNc1cncc(NCCC(=O)N2CCCC2)c1. The summed E-state index contributed by atoms with van der Waals surface area (Å²) in [5.41, 5.74) is 1.98. The third-order valence-corrected chi connectivity index (χ3v) is 3.44. The zero-order valence-electron chi connectivity index (χ0n) is 12.2. The van der Waals surface area contributed by atoms with E-state index in [4.69, 9.17) is 0 Å². The number of aromatic nitrogens is 1. The first-order valence-corrected chi connectivity index (χ1v) is 7.50. The number of anilines is 2. The van der Waals surface area contributed by atoms with Crippen molar-refractivity contribution in [1.82, 2.24) is 9.88 Å². The average molecular weight is 276 g/mol. The molecule has 5 nitrogen and oxygen atoms in total. The Bertz CT molecular complexity index is 430. The number of hydrogen-bond donors (Lipinski definition) is 2. The van der Waals surface area contributed by atoms with Gasteiger partial charge in [-0.2, -0.15) is 0 Å². The summed E-state index contributed by atoms with van der Waals surface area (Å²) in [5, 5.41) is 6.57. The van der Waals surface area contributed by atoms with Gasteiger partial charge in [-0.15, -0.1) is 0 Å². The van der Waals surface area contributed by atoms with Crippen molar-refractivity contribution < 1.29 is 4.79 Å².